The normalized spacial score (nSPS) is 26.4. The Morgan fingerprint density at radius 3 is 2.10 bits per heavy atom. The van der Waals surface area contributed by atoms with Gasteiger partial charge in [0.05, 0.1) is 5.25 Å². The summed E-state index contributed by atoms with van der Waals surface area (Å²) in [6.45, 7) is 7.41. The lowest BCUT2D eigenvalue weighted by molar-refractivity contribution is -0.178. The zero-order valence-electron chi connectivity index (χ0n) is 11.6. The van der Waals surface area contributed by atoms with Gasteiger partial charge in [-0.05, 0) is 0 Å². The van der Waals surface area contributed by atoms with Gasteiger partial charge in [-0.15, -0.1) is 18.3 Å². The van der Waals surface area contributed by atoms with Crippen LogP contribution >= 0.6 is 11.8 Å². The van der Waals surface area contributed by atoms with Crippen LogP contribution in [0.3, 0.4) is 0 Å². The highest BCUT2D eigenvalue weighted by atomic mass is 32.2. The summed E-state index contributed by atoms with van der Waals surface area (Å²) in [4.78, 5) is 33.5. The van der Waals surface area contributed by atoms with Crippen molar-refractivity contribution in [3.05, 3.63) is 17.9 Å². The topological polar surface area (TPSA) is 78.9 Å². The van der Waals surface area contributed by atoms with Gasteiger partial charge in [0.2, 0.25) is 0 Å². The standard InChI is InChI=1S/C13H17O6S/c1-5-11-13(19-9(4)16)12(18-8(3)15)10(6-20-11)17-7(2)14/h5,10,12-13H,1,6H2,2-4H3/t10-,12+,13+/m1/s1. The van der Waals surface area contributed by atoms with E-state index in [0.29, 0.717) is 11.0 Å². The first-order valence-corrected chi connectivity index (χ1v) is 6.97. The number of hydrogen-bond acceptors (Lipinski definition) is 7. The molecule has 1 fully saturated rings. The third-order valence-electron chi connectivity index (χ3n) is 2.47. The second kappa shape index (κ2) is 7.33. The van der Waals surface area contributed by atoms with Crippen molar-refractivity contribution in [2.75, 3.05) is 5.75 Å². The molecule has 3 atom stereocenters. The average molecular weight is 301 g/mol. The number of carbonyl (C=O) groups is 3. The third kappa shape index (κ3) is 4.56. The van der Waals surface area contributed by atoms with Crippen LogP contribution in [0.1, 0.15) is 20.8 Å². The maximum absolute atomic E-state index is 11.2. The largest absolute Gasteiger partial charge is 0.458 e. The number of ether oxygens (including phenoxy) is 3. The summed E-state index contributed by atoms with van der Waals surface area (Å²) in [7, 11) is 0. The average Bonchev–Trinajstić information content (AvgIpc) is 2.31. The van der Waals surface area contributed by atoms with Gasteiger partial charge in [0.1, 0.15) is 0 Å². The summed E-state index contributed by atoms with van der Waals surface area (Å²) in [5.74, 6) is -1.15. The van der Waals surface area contributed by atoms with Crippen LogP contribution in [0.2, 0.25) is 0 Å². The molecular weight excluding hydrogens is 284 g/mol. The van der Waals surface area contributed by atoms with E-state index in [0.717, 1.165) is 0 Å². The molecule has 7 heteroatoms. The van der Waals surface area contributed by atoms with Crippen LogP contribution < -0.4 is 0 Å². The van der Waals surface area contributed by atoms with E-state index < -0.39 is 36.2 Å². The smallest absolute Gasteiger partial charge is 0.303 e. The maximum atomic E-state index is 11.2. The summed E-state index contributed by atoms with van der Waals surface area (Å²) < 4.78 is 15.5. The first kappa shape index (κ1) is 16.6. The molecule has 0 unspecified atom stereocenters. The first-order valence-electron chi connectivity index (χ1n) is 5.99. The second-order valence-electron chi connectivity index (χ2n) is 4.17. The summed E-state index contributed by atoms with van der Waals surface area (Å²) in [6, 6.07) is 0. The zero-order valence-corrected chi connectivity index (χ0v) is 12.4. The third-order valence-corrected chi connectivity index (χ3v) is 3.70. The molecule has 111 valence electrons. The highest BCUT2D eigenvalue weighted by Crippen LogP contribution is 2.38. The fourth-order valence-corrected chi connectivity index (χ4v) is 2.91. The van der Waals surface area contributed by atoms with Gasteiger partial charge in [0.15, 0.2) is 18.3 Å². The summed E-state index contributed by atoms with van der Waals surface area (Å²) in [6.07, 6.45) is -0.806. The van der Waals surface area contributed by atoms with E-state index in [4.69, 9.17) is 14.2 Å². The van der Waals surface area contributed by atoms with Crippen LogP contribution in [0.5, 0.6) is 0 Å². The summed E-state index contributed by atoms with van der Waals surface area (Å²) in [5, 5.41) is 0.662. The van der Waals surface area contributed by atoms with Crippen molar-refractivity contribution in [2.45, 2.75) is 39.1 Å². The summed E-state index contributed by atoms with van der Waals surface area (Å²) >= 11 is 1.35. The van der Waals surface area contributed by atoms with Gasteiger partial charge in [-0.2, -0.15) is 0 Å². The van der Waals surface area contributed by atoms with Crippen LogP contribution in [0.4, 0.5) is 0 Å². The van der Waals surface area contributed by atoms with E-state index in [1.54, 1.807) is 6.08 Å². The molecule has 0 bridgehead atoms. The van der Waals surface area contributed by atoms with Crippen LogP contribution in [0.15, 0.2) is 12.7 Å². The molecule has 0 aromatic heterocycles. The molecular formula is C13H17O6S. The number of esters is 3. The van der Waals surface area contributed by atoms with Gasteiger partial charge in [-0.25, -0.2) is 0 Å². The lowest BCUT2D eigenvalue weighted by Gasteiger charge is -2.38. The number of carbonyl (C=O) groups excluding carboxylic acids is 3. The van der Waals surface area contributed by atoms with Crippen molar-refractivity contribution in [3.63, 3.8) is 0 Å². The molecule has 1 rings (SSSR count). The molecule has 0 N–H and O–H groups in total. The van der Waals surface area contributed by atoms with Crippen molar-refractivity contribution < 1.29 is 28.6 Å². The Bertz CT molecular complexity index is 408. The molecule has 6 nitrogen and oxygen atoms in total. The Morgan fingerprint density at radius 1 is 1.10 bits per heavy atom. The fourth-order valence-electron chi connectivity index (χ4n) is 1.83. The zero-order chi connectivity index (χ0) is 15.3. The second-order valence-corrected chi connectivity index (χ2v) is 5.26. The van der Waals surface area contributed by atoms with Crippen molar-refractivity contribution in [2.24, 2.45) is 0 Å². The fraction of sp³-hybridized carbons (Fsp3) is 0.538. The van der Waals surface area contributed by atoms with Crippen molar-refractivity contribution in [3.8, 4) is 0 Å². The molecule has 0 saturated carbocycles. The van der Waals surface area contributed by atoms with Crippen LogP contribution in [0.25, 0.3) is 0 Å². The SMILES string of the molecule is C=C[C]1SC[C@@H](OC(C)=O)[C@H](OC(C)=O)[C@H]1OC(C)=O. The molecule has 1 aliphatic rings. The van der Waals surface area contributed by atoms with Crippen LogP contribution in [-0.4, -0.2) is 42.0 Å². The van der Waals surface area contributed by atoms with Gasteiger partial charge in [-0.1, -0.05) is 6.08 Å². The molecule has 0 spiro atoms. The van der Waals surface area contributed by atoms with E-state index in [1.165, 1.54) is 32.5 Å². The predicted octanol–water partition coefficient (Wildman–Crippen LogP) is 1.25. The van der Waals surface area contributed by atoms with E-state index in [-0.39, 0.29) is 0 Å². The van der Waals surface area contributed by atoms with Crippen molar-refractivity contribution in [1.29, 1.82) is 0 Å². The maximum Gasteiger partial charge on any atom is 0.303 e. The van der Waals surface area contributed by atoms with Crippen molar-refractivity contribution in [1.82, 2.24) is 0 Å². The van der Waals surface area contributed by atoms with Crippen molar-refractivity contribution >= 4 is 29.7 Å². The summed E-state index contributed by atoms with van der Waals surface area (Å²) in [5.41, 5.74) is 0. The Hall–Kier alpha value is -1.50. The first-order chi connectivity index (χ1) is 9.35. The molecule has 0 aliphatic carbocycles. The number of thioether (sulfide) groups is 1. The van der Waals surface area contributed by atoms with E-state index in [2.05, 4.69) is 6.58 Å². The van der Waals surface area contributed by atoms with Gasteiger partial charge >= 0.3 is 17.9 Å². The predicted molar refractivity (Wildman–Crippen MR) is 72.6 cm³/mol. The van der Waals surface area contributed by atoms with E-state index >= 15 is 0 Å². The van der Waals surface area contributed by atoms with Gasteiger partial charge < -0.3 is 14.2 Å². The Kier molecular flexibility index (Phi) is 6.06. The molecule has 0 aromatic rings. The van der Waals surface area contributed by atoms with Crippen LogP contribution in [-0.2, 0) is 28.6 Å². The van der Waals surface area contributed by atoms with E-state index in [9.17, 15) is 14.4 Å². The minimum Gasteiger partial charge on any atom is -0.458 e. The minimum absolute atomic E-state index is 0.399. The highest BCUT2D eigenvalue weighted by molar-refractivity contribution is 8.02. The quantitative estimate of drug-likeness (QED) is 0.571. The Balaban J connectivity index is 2.98. The monoisotopic (exact) mass is 301 g/mol. The van der Waals surface area contributed by atoms with E-state index in [1.807, 2.05) is 0 Å². The number of rotatable bonds is 4. The Morgan fingerprint density at radius 2 is 1.65 bits per heavy atom. The molecule has 0 amide bonds. The molecule has 1 heterocycles. The molecule has 1 radical (unpaired) electrons. The molecule has 1 aliphatic heterocycles. The molecule has 0 aromatic carbocycles. The molecule has 20 heavy (non-hydrogen) atoms. The lowest BCUT2D eigenvalue weighted by atomic mass is 10.0. The van der Waals surface area contributed by atoms with Gasteiger partial charge in [0, 0.05) is 26.5 Å². The number of hydrogen-bond donors (Lipinski definition) is 0. The highest BCUT2D eigenvalue weighted by Gasteiger charge is 2.45. The molecule has 1 saturated heterocycles. The minimum atomic E-state index is -0.866. The lowest BCUT2D eigenvalue weighted by Crippen LogP contribution is -2.51. The van der Waals surface area contributed by atoms with Gasteiger partial charge in [0.25, 0.3) is 0 Å². The Labute approximate surface area is 121 Å². The van der Waals surface area contributed by atoms with Gasteiger partial charge in [-0.3, -0.25) is 14.4 Å². The van der Waals surface area contributed by atoms with Crippen LogP contribution in [0, 0.1) is 5.25 Å².